The van der Waals surface area contributed by atoms with Crippen molar-refractivity contribution in [1.82, 2.24) is 0 Å². The minimum atomic E-state index is -3.65. The maximum Gasteiger partial charge on any atom is 0.270 e. The quantitative estimate of drug-likeness (QED) is 0.532. The number of nitro benzene ring substituents is 1. The molecular formula is C18H20N4O6S. The Kier molecular flexibility index (Phi) is 6.11. The number of hydrogen-bond acceptors (Lipinski definition) is 7. The molecule has 3 N–H and O–H groups in total. The van der Waals surface area contributed by atoms with Crippen LogP contribution >= 0.6 is 0 Å². The molecular weight excluding hydrogens is 400 g/mol. The van der Waals surface area contributed by atoms with E-state index < -0.39 is 20.9 Å². The van der Waals surface area contributed by atoms with Crippen molar-refractivity contribution >= 4 is 33.0 Å². The third-order valence-electron chi connectivity index (χ3n) is 4.37. The molecule has 1 fully saturated rings. The predicted molar refractivity (Wildman–Crippen MR) is 107 cm³/mol. The van der Waals surface area contributed by atoms with Crippen molar-refractivity contribution in [2.24, 2.45) is 5.14 Å². The second-order valence-electron chi connectivity index (χ2n) is 6.52. The maximum atomic E-state index is 12.9. The van der Waals surface area contributed by atoms with Gasteiger partial charge in [-0.25, -0.2) is 13.6 Å². The molecule has 0 atom stereocenters. The highest BCUT2D eigenvalue weighted by atomic mass is 32.2. The first-order valence-electron chi connectivity index (χ1n) is 8.75. The molecule has 1 aliphatic rings. The van der Waals surface area contributed by atoms with E-state index in [1.165, 1.54) is 24.3 Å². The number of ether oxygens (including phenoxy) is 1. The van der Waals surface area contributed by atoms with Gasteiger partial charge in [0, 0.05) is 30.9 Å². The monoisotopic (exact) mass is 420 g/mol. The molecule has 0 aliphatic carbocycles. The maximum absolute atomic E-state index is 12.9. The number of carbonyl (C=O) groups is 1. The predicted octanol–water partition coefficient (Wildman–Crippen LogP) is 1.47. The summed E-state index contributed by atoms with van der Waals surface area (Å²) < 4.78 is 27.6. The number of benzene rings is 2. The number of non-ortho nitro benzene ring substituents is 1. The van der Waals surface area contributed by atoms with Gasteiger partial charge in [0.25, 0.3) is 11.6 Å². The third kappa shape index (κ3) is 5.50. The number of rotatable bonds is 6. The van der Waals surface area contributed by atoms with Gasteiger partial charge in [-0.05, 0) is 23.8 Å². The first kappa shape index (κ1) is 20.7. The summed E-state index contributed by atoms with van der Waals surface area (Å²) in [5.41, 5.74) is 1.48. The van der Waals surface area contributed by atoms with E-state index in [2.05, 4.69) is 5.32 Å². The van der Waals surface area contributed by atoms with Gasteiger partial charge in [-0.1, -0.05) is 12.1 Å². The SMILES string of the molecule is NS(=O)(=O)Cc1ccc(NC(=O)c2cc([N+](=O)[O-])ccc2N2CCOCC2)cc1. The van der Waals surface area contributed by atoms with Crippen molar-refractivity contribution in [3.8, 4) is 0 Å². The van der Waals surface area contributed by atoms with Gasteiger partial charge in [-0.15, -0.1) is 0 Å². The van der Waals surface area contributed by atoms with Crippen molar-refractivity contribution in [2.75, 3.05) is 36.5 Å². The Labute approximate surface area is 167 Å². The number of nitro groups is 1. The van der Waals surface area contributed by atoms with Gasteiger partial charge in [0.2, 0.25) is 10.0 Å². The Morgan fingerprint density at radius 2 is 1.83 bits per heavy atom. The number of nitrogens with zero attached hydrogens (tertiary/aromatic N) is 2. The Morgan fingerprint density at radius 1 is 1.17 bits per heavy atom. The Bertz CT molecular complexity index is 1020. The van der Waals surface area contributed by atoms with Crippen molar-refractivity contribution in [3.05, 3.63) is 63.7 Å². The van der Waals surface area contributed by atoms with E-state index in [0.29, 0.717) is 43.2 Å². The van der Waals surface area contributed by atoms with Crippen LogP contribution < -0.4 is 15.4 Å². The Balaban J connectivity index is 1.85. The second kappa shape index (κ2) is 8.55. The van der Waals surface area contributed by atoms with E-state index in [4.69, 9.17) is 9.88 Å². The van der Waals surface area contributed by atoms with Gasteiger partial charge in [0.15, 0.2) is 0 Å². The topological polar surface area (TPSA) is 145 Å². The van der Waals surface area contributed by atoms with Crippen molar-refractivity contribution in [2.45, 2.75) is 5.75 Å². The van der Waals surface area contributed by atoms with E-state index in [1.54, 1.807) is 18.2 Å². The van der Waals surface area contributed by atoms with Crippen LogP contribution in [-0.2, 0) is 20.5 Å². The van der Waals surface area contributed by atoms with Crippen LogP contribution in [0.4, 0.5) is 17.1 Å². The van der Waals surface area contributed by atoms with Crippen molar-refractivity contribution in [1.29, 1.82) is 0 Å². The fourth-order valence-electron chi connectivity index (χ4n) is 3.01. The van der Waals surface area contributed by atoms with Gasteiger partial charge in [-0.3, -0.25) is 14.9 Å². The van der Waals surface area contributed by atoms with Crippen LogP contribution in [0.2, 0.25) is 0 Å². The molecule has 0 radical (unpaired) electrons. The summed E-state index contributed by atoms with van der Waals surface area (Å²) >= 11 is 0. The van der Waals surface area contributed by atoms with Crippen LogP contribution in [0.15, 0.2) is 42.5 Å². The van der Waals surface area contributed by atoms with Crippen LogP contribution in [0.1, 0.15) is 15.9 Å². The molecule has 29 heavy (non-hydrogen) atoms. The van der Waals surface area contributed by atoms with E-state index in [-0.39, 0.29) is 17.0 Å². The molecule has 0 bridgehead atoms. The molecule has 154 valence electrons. The lowest BCUT2D eigenvalue weighted by molar-refractivity contribution is -0.384. The number of hydrogen-bond donors (Lipinski definition) is 2. The van der Waals surface area contributed by atoms with E-state index in [9.17, 15) is 23.3 Å². The van der Waals surface area contributed by atoms with E-state index in [1.807, 2.05) is 4.90 Å². The molecule has 1 saturated heterocycles. The highest BCUT2D eigenvalue weighted by Crippen LogP contribution is 2.27. The zero-order valence-corrected chi connectivity index (χ0v) is 16.2. The molecule has 3 rings (SSSR count). The lowest BCUT2D eigenvalue weighted by Gasteiger charge is -2.30. The summed E-state index contributed by atoms with van der Waals surface area (Å²) in [6.07, 6.45) is 0. The standard InChI is InChI=1S/C18H20N4O6S/c19-29(26,27)12-13-1-3-14(4-2-13)20-18(23)16-11-15(22(24)25)5-6-17(16)21-7-9-28-10-8-21/h1-6,11H,7-10,12H2,(H,20,23)(H2,19,26,27). The van der Waals surface area contributed by atoms with Gasteiger partial charge < -0.3 is 15.0 Å². The molecule has 0 aromatic heterocycles. The number of primary sulfonamides is 1. The van der Waals surface area contributed by atoms with E-state index in [0.717, 1.165) is 0 Å². The first-order chi connectivity index (χ1) is 13.7. The number of nitrogens with one attached hydrogen (secondary N) is 1. The van der Waals surface area contributed by atoms with Crippen LogP contribution in [0.3, 0.4) is 0 Å². The Hall–Kier alpha value is -3.02. The van der Waals surface area contributed by atoms with Gasteiger partial charge in [0.1, 0.15) is 0 Å². The second-order valence-corrected chi connectivity index (χ2v) is 8.13. The summed E-state index contributed by atoms with van der Waals surface area (Å²) in [7, 11) is -3.65. The van der Waals surface area contributed by atoms with Crippen molar-refractivity contribution < 1.29 is 22.9 Å². The highest BCUT2D eigenvalue weighted by molar-refractivity contribution is 7.88. The molecule has 11 heteroatoms. The lowest BCUT2D eigenvalue weighted by atomic mass is 10.1. The van der Waals surface area contributed by atoms with Crippen molar-refractivity contribution in [3.63, 3.8) is 0 Å². The minimum absolute atomic E-state index is 0.176. The minimum Gasteiger partial charge on any atom is -0.378 e. The molecule has 0 unspecified atom stereocenters. The number of nitrogens with two attached hydrogens (primary N) is 1. The number of carbonyl (C=O) groups excluding carboxylic acids is 1. The molecule has 0 spiro atoms. The summed E-state index contributed by atoms with van der Waals surface area (Å²) in [6.45, 7) is 2.15. The zero-order valence-electron chi connectivity index (χ0n) is 15.4. The molecule has 1 amide bonds. The lowest BCUT2D eigenvalue weighted by Crippen LogP contribution is -2.37. The van der Waals surface area contributed by atoms with Crippen LogP contribution in [0.25, 0.3) is 0 Å². The number of amides is 1. The summed E-state index contributed by atoms with van der Waals surface area (Å²) in [6, 6.07) is 10.3. The number of anilines is 2. The van der Waals surface area contributed by atoms with E-state index >= 15 is 0 Å². The molecule has 0 saturated carbocycles. The normalized spacial score (nSPS) is 14.4. The first-order valence-corrected chi connectivity index (χ1v) is 10.5. The molecule has 1 heterocycles. The zero-order chi connectivity index (χ0) is 21.0. The fourth-order valence-corrected chi connectivity index (χ4v) is 3.67. The highest BCUT2D eigenvalue weighted by Gasteiger charge is 2.22. The third-order valence-corrected chi connectivity index (χ3v) is 5.10. The molecule has 10 nitrogen and oxygen atoms in total. The summed E-state index contributed by atoms with van der Waals surface area (Å²) in [5, 5.41) is 18.9. The van der Waals surface area contributed by atoms with Crippen LogP contribution in [0, 0.1) is 10.1 Å². The molecule has 2 aromatic rings. The molecule has 2 aromatic carbocycles. The van der Waals surface area contributed by atoms with Gasteiger partial charge in [-0.2, -0.15) is 0 Å². The number of sulfonamides is 1. The van der Waals surface area contributed by atoms with Crippen LogP contribution in [-0.4, -0.2) is 45.6 Å². The van der Waals surface area contributed by atoms with Gasteiger partial charge >= 0.3 is 0 Å². The fraction of sp³-hybridized carbons (Fsp3) is 0.278. The van der Waals surface area contributed by atoms with Crippen LogP contribution in [0.5, 0.6) is 0 Å². The number of morpholine rings is 1. The molecule has 1 aliphatic heterocycles. The van der Waals surface area contributed by atoms with Gasteiger partial charge in [0.05, 0.1) is 35.1 Å². The summed E-state index contributed by atoms with van der Waals surface area (Å²) in [5.74, 6) is -0.817. The smallest absolute Gasteiger partial charge is 0.270 e. The largest absolute Gasteiger partial charge is 0.378 e. The average Bonchev–Trinajstić information content (AvgIpc) is 2.68. The summed E-state index contributed by atoms with van der Waals surface area (Å²) in [4.78, 5) is 25.4. The Morgan fingerprint density at radius 3 is 2.41 bits per heavy atom. The average molecular weight is 420 g/mol.